The van der Waals surface area contributed by atoms with Crippen LogP contribution in [0.5, 0.6) is 0 Å². The minimum Gasteiger partial charge on any atom is -0.397 e. The van der Waals surface area contributed by atoms with Crippen LogP contribution < -0.4 is 5.73 Å². The second-order valence-electron chi connectivity index (χ2n) is 2.81. The van der Waals surface area contributed by atoms with Gasteiger partial charge >= 0.3 is 0 Å². The Kier molecular flexibility index (Phi) is 3.73. The van der Waals surface area contributed by atoms with Gasteiger partial charge in [0.25, 0.3) is 0 Å². The van der Waals surface area contributed by atoms with Crippen molar-refractivity contribution in [3.8, 4) is 6.07 Å². The van der Waals surface area contributed by atoms with Crippen molar-refractivity contribution in [1.29, 1.82) is 5.26 Å². The van der Waals surface area contributed by atoms with Crippen LogP contribution in [0.1, 0.15) is 12.5 Å². The van der Waals surface area contributed by atoms with Crippen LogP contribution >= 0.6 is 31.9 Å². The molecule has 0 fully saturated rings. The van der Waals surface area contributed by atoms with Crippen molar-refractivity contribution >= 4 is 37.6 Å². The second kappa shape index (κ2) is 4.63. The van der Waals surface area contributed by atoms with E-state index in [-0.39, 0.29) is 0 Å². The predicted octanol–water partition coefficient (Wildman–Crippen LogP) is 3.42. The maximum atomic E-state index is 8.69. The summed E-state index contributed by atoms with van der Waals surface area (Å²) >= 11 is 6.72. The molecule has 1 aromatic rings. The molecule has 0 saturated carbocycles. The molecular formula is C10H8Br2N2. The highest BCUT2D eigenvalue weighted by Crippen LogP contribution is 2.23. The average molecular weight is 316 g/mol. The van der Waals surface area contributed by atoms with Gasteiger partial charge in [-0.1, -0.05) is 31.9 Å². The van der Waals surface area contributed by atoms with E-state index in [1.165, 1.54) is 0 Å². The SMILES string of the molecule is C/C(C#N)=C(/N)c1cc(Br)cc(Br)c1. The normalized spacial score (nSPS) is 11.9. The number of hydrogen-bond acceptors (Lipinski definition) is 2. The Morgan fingerprint density at radius 1 is 1.29 bits per heavy atom. The molecule has 1 rings (SSSR count). The molecule has 2 nitrogen and oxygen atoms in total. The summed E-state index contributed by atoms with van der Waals surface area (Å²) in [6.45, 7) is 1.70. The van der Waals surface area contributed by atoms with E-state index in [0.717, 1.165) is 14.5 Å². The molecule has 2 N–H and O–H groups in total. The van der Waals surface area contributed by atoms with Gasteiger partial charge in [0.15, 0.2) is 0 Å². The molecule has 0 radical (unpaired) electrons. The number of nitrogens with two attached hydrogens (primary N) is 1. The largest absolute Gasteiger partial charge is 0.397 e. The van der Waals surface area contributed by atoms with Crippen molar-refractivity contribution in [1.82, 2.24) is 0 Å². The zero-order chi connectivity index (χ0) is 10.7. The topological polar surface area (TPSA) is 49.8 Å². The number of halogens is 2. The van der Waals surface area contributed by atoms with Gasteiger partial charge in [-0.3, -0.25) is 0 Å². The fraction of sp³-hybridized carbons (Fsp3) is 0.100. The van der Waals surface area contributed by atoms with Crippen molar-refractivity contribution in [2.45, 2.75) is 6.92 Å². The van der Waals surface area contributed by atoms with Gasteiger partial charge in [-0.15, -0.1) is 0 Å². The van der Waals surface area contributed by atoms with Crippen LogP contribution in [0.2, 0.25) is 0 Å². The monoisotopic (exact) mass is 314 g/mol. The van der Waals surface area contributed by atoms with Gasteiger partial charge in [0.2, 0.25) is 0 Å². The summed E-state index contributed by atoms with van der Waals surface area (Å²) in [4.78, 5) is 0. The molecule has 0 atom stereocenters. The van der Waals surface area contributed by atoms with Crippen molar-refractivity contribution in [3.05, 3.63) is 38.3 Å². The molecule has 0 aromatic heterocycles. The van der Waals surface area contributed by atoms with E-state index in [1.54, 1.807) is 6.92 Å². The van der Waals surface area contributed by atoms with E-state index in [1.807, 2.05) is 24.3 Å². The maximum absolute atomic E-state index is 8.69. The van der Waals surface area contributed by atoms with E-state index in [0.29, 0.717) is 11.3 Å². The summed E-state index contributed by atoms with van der Waals surface area (Å²) in [5.74, 6) is 0. The Morgan fingerprint density at radius 2 is 1.79 bits per heavy atom. The molecule has 0 aliphatic heterocycles. The number of allylic oxidation sites excluding steroid dienone is 1. The van der Waals surface area contributed by atoms with E-state index < -0.39 is 0 Å². The molecular weight excluding hydrogens is 308 g/mol. The predicted molar refractivity (Wildman–Crippen MR) is 64.2 cm³/mol. The molecule has 1 aromatic carbocycles. The Morgan fingerprint density at radius 3 is 2.21 bits per heavy atom. The summed E-state index contributed by atoms with van der Waals surface area (Å²) in [7, 11) is 0. The van der Waals surface area contributed by atoms with Crippen LogP contribution in [0, 0.1) is 11.3 Å². The minimum atomic E-state index is 0.509. The third kappa shape index (κ3) is 2.60. The van der Waals surface area contributed by atoms with Crippen LogP contribution in [-0.4, -0.2) is 0 Å². The van der Waals surface area contributed by atoms with Gasteiger partial charge in [0.05, 0.1) is 11.8 Å². The van der Waals surface area contributed by atoms with Gasteiger partial charge < -0.3 is 5.73 Å². The van der Waals surface area contributed by atoms with Crippen LogP contribution in [0.3, 0.4) is 0 Å². The molecule has 0 aliphatic rings. The highest BCUT2D eigenvalue weighted by Gasteiger charge is 2.03. The minimum absolute atomic E-state index is 0.509. The van der Waals surface area contributed by atoms with E-state index in [4.69, 9.17) is 11.0 Å². The number of nitriles is 1. The molecule has 4 heteroatoms. The van der Waals surface area contributed by atoms with Crippen molar-refractivity contribution < 1.29 is 0 Å². The van der Waals surface area contributed by atoms with Gasteiger partial charge in [-0.25, -0.2) is 0 Å². The molecule has 0 bridgehead atoms. The standard InChI is InChI=1S/C10H8Br2N2/c1-6(5-13)10(14)7-2-8(11)4-9(12)3-7/h2-4H,14H2,1H3/b10-6-. The Bertz CT molecular complexity index is 410. The number of hydrogen-bond donors (Lipinski definition) is 1. The second-order valence-corrected chi connectivity index (χ2v) is 4.64. The van der Waals surface area contributed by atoms with Gasteiger partial charge in [0, 0.05) is 20.1 Å². The van der Waals surface area contributed by atoms with Crippen molar-refractivity contribution in [3.63, 3.8) is 0 Å². The zero-order valence-electron chi connectivity index (χ0n) is 7.51. The third-order valence-corrected chi connectivity index (χ3v) is 2.66. The molecule has 0 spiro atoms. The number of rotatable bonds is 1. The smallest absolute Gasteiger partial charge is 0.0965 e. The van der Waals surface area contributed by atoms with Crippen LogP contribution in [0.4, 0.5) is 0 Å². The molecule has 0 amide bonds. The summed E-state index contributed by atoms with van der Waals surface area (Å²) in [5.41, 5.74) is 7.67. The summed E-state index contributed by atoms with van der Waals surface area (Å²) in [6, 6.07) is 7.69. The van der Waals surface area contributed by atoms with Crippen LogP contribution in [-0.2, 0) is 0 Å². The number of benzene rings is 1. The lowest BCUT2D eigenvalue weighted by atomic mass is 10.1. The lowest BCUT2D eigenvalue weighted by molar-refractivity contribution is 1.39. The van der Waals surface area contributed by atoms with Crippen LogP contribution in [0.15, 0.2) is 32.7 Å². The Balaban J connectivity index is 3.28. The summed E-state index contributed by atoms with van der Waals surface area (Å²) in [5, 5.41) is 8.69. The zero-order valence-corrected chi connectivity index (χ0v) is 10.7. The van der Waals surface area contributed by atoms with Gasteiger partial charge in [-0.05, 0) is 25.1 Å². The molecule has 0 aliphatic carbocycles. The molecule has 0 heterocycles. The quantitative estimate of drug-likeness (QED) is 0.807. The van der Waals surface area contributed by atoms with E-state index in [2.05, 4.69) is 31.9 Å². The molecule has 14 heavy (non-hydrogen) atoms. The molecule has 0 unspecified atom stereocenters. The van der Waals surface area contributed by atoms with Gasteiger partial charge in [0.1, 0.15) is 0 Å². The lowest BCUT2D eigenvalue weighted by Gasteiger charge is -2.04. The Labute approximate surface area is 99.7 Å². The van der Waals surface area contributed by atoms with E-state index >= 15 is 0 Å². The Hall–Kier alpha value is -0.790. The lowest BCUT2D eigenvalue weighted by Crippen LogP contribution is -1.99. The fourth-order valence-electron chi connectivity index (χ4n) is 0.986. The van der Waals surface area contributed by atoms with Crippen molar-refractivity contribution in [2.24, 2.45) is 5.73 Å². The maximum Gasteiger partial charge on any atom is 0.0965 e. The first-order chi connectivity index (χ1) is 6.54. The van der Waals surface area contributed by atoms with Crippen LogP contribution in [0.25, 0.3) is 5.70 Å². The average Bonchev–Trinajstić information content (AvgIpc) is 2.14. The summed E-state index contributed by atoms with van der Waals surface area (Å²) < 4.78 is 1.85. The van der Waals surface area contributed by atoms with Gasteiger partial charge in [-0.2, -0.15) is 5.26 Å². The third-order valence-electron chi connectivity index (χ3n) is 1.75. The summed E-state index contributed by atoms with van der Waals surface area (Å²) in [6.07, 6.45) is 0. The van der Waals surface area contributed by atoms with E-state index in [9.17, 15) is 0 Å². The first kappa shape index (κ1) is 11.3. The first-order valence-electron chi connectivity index (χ1n) is 3.87. The molecule has 72 valence electrons. The molecule has 0 saturated heterocycles. The highest BCUT2D eigenvalue weighted by atomic mass is 79.9. The highest BCUT2D eigenvalue weighted by molar-refractivity contribution is 9.11. The van der Waals surface area contributed by atoms with Crippen molar-refractivity contribution in [2.75, 3.05) is 0 Å². The first-order valence-corrected chi connectivity index (χ1v) is 5.46. The fourth-order valence-corrected chi connectivity index (χ4v) is 2.28. The number of nitrogens with zero attached hydrogens (tertiary/aromatic N) is 1.